The molecule has 12 atom stereocenters. The molecule has 6 aromatic rings. The number of hydrogen-bond donors (Lipinski definition) is 8. The molecule has 6 heterocycles. The number of nitrogens with zero attached hydrogens (tertiary/aromatic N) is 4. The molecule has 8 N–H and O–H groups in total. The second-order valence-electron chi connectivity index (χ2n) is 28.2. The van der Waals surface area contributed by atoms with Gasteiger partial charge in [-0.25, -0.2) is 39.2 Å². The molecular formula is C74H98N10O19S2. The molecule has 4 fully saturated rings. The Morgan fingerprint density at radius 2 is 0.990 bits per heavy atom. The molecule has 0 aliphatic carbocycles. The zero-order valence-electron chi connectivity index (χ0n) is 61.0. The van der Waals surface area contributed by atoms with Crippen LogP contribution in [0.3, 0.4) is 0 Å². The van der Waals surface area contributed by atoms with Crippen LogP contribution in [-0.2, 0) is 80.0 Å². The van der Waals surface area contributed by atoms with Crippen LogP contribution in [0.1, 0.15) is 88.0 Å². The molecule has 2 aromatic heterocycles. The highest BCUT2D eigenvalue weighted by Crippen LogP contribution is 2.35. The first-order valence-electron chi connectivity index (χ1n) is 34.7. The lowest BCUT2D eigenvalue weighted by atomic mass is 9.86. The number of amides is 6. The van der Waals surface area contributed by atoms with Crippen molar-refractivity contribution >= 4 is 58.9 Å². The summed E-state index contributed by atoms with van der Waals surface area (Å²) in [5, 5.41) is 42.6. The summed E-state index contributed by atoms with van der Waals surface area (Å²) in [6.45, 7) is 14.8. The Morgan fingerprint density at radius 3 is 1.38 bits per heavy atom. The molecule has 4 aromatic carbocycles. The number of alkyl carbamates (subject to hydrolysis) is 4. The molecule has 4 aliphatic heterocycles. The average molecular weight is 1500 g/mol. The van der Waals surface area contributed by atoms with Crippen LogP contribution in [0.25, 0.3) is 10.6 Å². The first kappa shape index (κ1) is 80.3. The van der Waals surface area contributed by atoms with E-state index in [4.69, 9.17) is 52.1 Å². The number of carbonyl (C=O) groups is 6. The number of carbonyl (C=O) groups excluding carboxylic acids is 6. The van der Waals surface area contributed by atoms with Gasteiger partial charge in [0.15, 0.2) is 12.6 Å². The molecule has 105 heavy (non-hydrogen) atoms. The highest BCUT2D eigenvalue weighted by atomic mass is 32.1. The predicted octanol–water partition coefficient (Wildman–Crippen LogP) is 7.99. The molecule has 10 rings (SSSR count). The minimum atomic E-state index is -1.21. The molecule has 4 saturated heterocycles. The molecule has 0 radical (unpaired) electrons. The number of nitrogens with one attached hydrogen (secondary N) is 6. The maximum atomic E-state index is 13.8. The Hall–Kier alpha value is -8.76. The molecule has 31 heteroatoms. The van der Waals surface area contributed by atoms with E-state index in [-0.39, 0.29) is 70.4 Å². The van der Waals surface area contributed by atoms with Crippen molar-refractivity contribution in [1.29, 1.82) is 0 Å². The van der Waals surface area contributed by atoms with E-state index in [0.717, 1.165) is 50.6 Å². The molecule has 4 aliphatic rings. The number of aliphatic hydroxyl groups is 2. The number of benzene rings is 4. The van der Waals surface area contributed by atoms with Gasteiger partial charge in [-0.2, -0.15) is 0 Å². The fourth-order valence-electron chi connectivity index (χ4n) is 12.3. The van der Waals surface area contributed by atoms with Crippen molar-refractivity contribution in [2.75, 3.05) is 68.0 Å². The highest BCUT2D eigenvalue weighted by molar-refractivity contribution is 7.13. The second-order valence-corrected chi connectivity index (χ2v) is 29.7. The number of rotatable bonds is 30. The largest absolute Gasteiger partial charge is 0.497 e. The second kappa shape index (κ2) is 38.0. The van der Waals surface area contributed by atoms with Gasteiger partial charge in [0.1, 0.15) is 53.2 Å². The molecule has 570 valence electrons. The quantitative estimate of drug-likeness (QED) is 0.0156. The number of fused-ring (bicyclic) bond motifs is 2. The number of aliphatic hydroxyl groups excluding tert-OH is 2. The maximum absolute atomic E-state index is 13.8. The first-order valence-corrected chi connectivity index (χ1v) is 36.5. The fraction of sp³-hybridized carbons (Fsp3) is 0.514. The van der Waals surface area contributed by atoms with E-state index < -0.39 is 102 Å². The summed E-state index contributed by atoms with van der Waals surface area (Å²) in [4.78, 5) is 87.5. The topological polar surface area (TPSA) is 349 Å². The first-order chi connectivity index (χ1) is 50.2. The smallest absolute Gasteiger partial charge is 0.407 e. The Morgan fingerprint density at radius 1 is 0.562 bits per heavy atom. The Kier molecular flexibility index (Phi) is 29.1. The van der Waals surface area contributed by atoms with Gasteiger partial charge in [-0.05, 0) is 102 Å². The van der Waals surface area contributed by atoms with Crippen LogP contribution in [0, 0.1) is 29.6 Å². The minimum Gasteiger partial charge on any atom is -0.497 e. The molecular weight excluding hydrogens is 1400 g/mol. The SMILES string of the molecule is COC(=O)NC(C(=O)NN(Cc1ccc(-c2nc(C)cs2)cc1)C[C@H](O)C(Cc1ccc(OC)cc1)NC(=O)OC1COC2OCCC12)C(C)(C)C.COC(=O)NC(C(=O)NN(Cc1ccc(OCc2cscn2)cc1)CC(O)C(Cc1ccc(OC)cc1)NC(=O)OC1COC2OCCC12)C(C)(C)C. The van der Waals surface area contributed by atoms with Crippen LogP contribution < -0.4 is 46.3 Å². The van der Waals surface area contributed by atoms with Crippen molar-refractivity contribution in [3.63, 3.8) is 0 Å². The van der Waals surface area contributed by atoms with Crippen molar-refractivity contribution < 1.29 is 91.1 Å². The highest BCUT2D eigenvalue weighted by Gasteiger charge is 2.46. The lowest BCUT2D eigenvalue weighted by molar-refractivity contribution is -0.132. The van der Waals surface area contributed by atoms with E-state index in [1.807, 2.05) is 132 Å². The van der Waals surface area contributed by atoms with Crippen LogP contribution in [0.5, 0.6) is 17.2 Å². The summed E-state index contributed by atoms with van der Waals surface area (Å²) < 4.78 is 60.0. The number of hydrogen-bond acceptors (Lipinski definition) is 25. The number of ether oxygens (including phenoxy) is 11. The van der Waals surface area contributed by atoms with Crippen LogP contribution in [-0.4, -0.2) is 196 Å². The normalized spacial score (nSPS) is 19.9. The summed E-state index contributed by atoms with van der Waals surface area (Å²) in [7, 11) is 5.60. The molecule has 0 saturated carbocycles. The van der Waals surface area contributed by atoms with E-state index in [1.54, 1.807) is 65.4 Å². The van der Waals surface area contributed by atoms with E-state index in [2.05, 4.69) is 42.1 Å². The van der Waals surface area contributed by atoms with Gasteiger partial charge in [-0.1, -0.05) is 102 Å². The van der Waals surface area contributed by atoms with Crippen LogP contribution in [0.15, 0.2) is 113 Å². The van der Waals surface area contributed by atoms with Gasteiger partial charge >= 0.3 is 24.4 Å². The summed E-state index contributed by atoms with van der Waals surface area (Å²) in [6.07, 6.45) is -5.15. The number of aromatic nitrogens is 2. The third-order valence-electron chi connectivity index (χ3n) is 18.1. The van der Waals surface area contributed by atoms with E-state index in [9.17, 15) is 39.0 Å². The van der Waals surface area contributed by atoms with Crippen LogP contribution >= 0.6 is 22.7 Å². The van der Waals surface area contributed by atoms with Gasteiger partial charge in [0.05, 0.1) is 102 Å². The predicted molar refractivity (Wildman–Crippen MR) is 387 cm³/mol. The van der Waals surface area contributed by atoms with E-state index in [1.165, 1.54) is 25.6 Å². The van der Waals surface area contributed by atoms with Crippen molar-refractivity contribution in [1.82, 2.24) is 52.1 Å². The van der Waals surface area contributed by atoms with Crippen molar-refractivity contribution in [2.45, 2.75) is 155 Å². The Bertz CT molecular complexity index is 3750. The van der Waals surface area contributed by atoms with E-state index in [0.29, 0.717) is 43.5 Å². The molecule has 0 spiro atoms. The van der Waals surface area contributed by atoms with Gasteiger partial charge in [0.2, 0.25) is 0 Å². The summed E-state index contributed by atoms with van der Waals surface area (Å²) in [5.41, 5.74) is 12.2. The van der Waals surface area contributed by atoms with Gasteiger partial charge < -0.3 is 83.6 Å². The van der Waals surface area contributed by atoms with Gasteiger partial charge in [-0.15, -0.1) is 22.7 Å². The van der Waals surface area contributed by atoms with E-state index >= 15 is 0 Å². The number of thiazole rings is 2. The molecule has 11 unspecified atom stereocenters. The van der Waals surface area contributed by atoms with Gasteiger partial charge in [0, 0.05) is 48.2 Å². The summed E-state index contributed by atoms with van der Waals surface area (Å²) in [5.74, 6) is 0.826. The van der Waals surface area contributed by atoms with Gasteiger partial charge in [0.25, 0.3) is 11.8 Å². The zero-order chi connectivity index (χ0) is 75.4. The molecule has 0 bridgehead atoms. The summed E-state index contributed by atoms with van der Waals surface area (Å²) >= 11 is 3.05. The van der Waals surface area contributed by atoms with Gasteiger partial charge in [-0.3, -0.25) is 20.4 Å². The van der Waals surface area contributed by atoms with Crippen LogP contribution in [0.2, 0.25) is 0 Å². The van der Waals surface area contributed by atoms with Crippen LogP contribution in [0.4, 0.5) is 19.2 Å². The minimum absolute atomic E-state index is 0.0539. The van der Waals surface area contributed by atoms with Crippen molar-refractivity contribution in [3.05, 3.63) is 147 Å². The molecule has 6 amide bonds. The number of hydrazine groups is 2. The lowest BCUT2D eigenvalue weighted by Gasteiger charge is -2.34. The number of methoxy groups -OCH3 is 4. The fourth-order valence-corrected chi connectivity index (χ4v) is 13.7. The monoisotopic (exact) mass is 1490 g/mol. The number of aryl methyl sites for hydroxylation is 1. The Balaban J connectivity index is 0.000000243. The van der Waals surface area contributed by atoms with Crippen molar-refractivity contribution in [3.8, 4) is 27.8 Å². The maximum Gasteiger partial charge on any atom is 0.407 e. The average Bonchev–Trinajstić information content (AvgIpc) is 1.58. The molecule has 29 nitrogen and oxygen atoms in total. The summed E-state index contributed by atoms with van der Waals surface area (Å²) in [6, 6.07) is 26.1. The standard InChI is InChI=1S/C37H49N5O10S.C37H49N5O9S/c1-37(2,3)32(40-35(45)48-5)33(44)41-42(17-24-8-12-27(13-9-24)50-19-25-21-53-22-38-25)18-30(43)29(16-23-6-10-26(47-4)11-7-23)39-36(46)52-31-20-51-34-28(31)14-15-49-34;1-22-21-52-33(38-22)25-11-7-24(8-12-25)18-42(41-32(44)31(37(2,3)4)40-35(45)48-6)19-29(43)28(17-23-9-13-26(47-5)14-10-23)39-36(46)51-30-20-50-34-27(30)15-16-49-34/h6-13,21-22,28-32,34,43H,14-20H2,1-5H3,(H,39,46)(H,40,45)(H,41,44);7-14,21,27-31,34,43H,15-20H2,1-6H3,(H,39,46)(H,40,45)(H,41,44)/t;27?,28?,29-,30?,31?,34?/m.0/s1. The lowest BCUT2D eigenvalue weighted by Crippen LogP contribution is -2.59. The Labute approximate surface area is 619 Å². The third-order valence-corrected chi connectivity index (χ3v) is 19.8. The third kappa shape index (κ3) is 23.9. The zero-order valence-corrected chi connectivity index (χ0v) is 62.7. The van der Waals surface area contributed by atoms with Crippen molar-refractivity contribution in [2.24, 2.45) is 22.7 Å².